The van der Waals surface area contributed by atoms with E-state index >= 15 is 0 Å². The van der Waals surface area contributed by atoms with E-state index in [1.54, 1.807) is 28.9 Å². The molecule has 1 unspecified atom stereocenters. The van der Waals surface area contributed by atoms with Crippen LogP contribution in [-0.4, -0.2) is 17.1 Å². The van der Waals surface area contributed by atoms with Gasteiger partial charge in [-0.3, -0.25) is 8.32 Å². The van der Waals surface area contributed by atoms with Crippen molar-refractivity contribution in [2.75, 3.05) is 0 Å². The van der Waals surface area contributed by atoms with Crippen LogP contribution in [0.5, 0.6) is 0 Å². The molecule has 1 atom stereocenters. The first-order chi connectivity index (χ1) is 8.32. The summed E-state index contributed by atoms with van der Waals surface area (Å²) in [4.78, 5) is 10.6. The topological polar surface area (TPSA) is 49.3 Å². The summed E-state index contributed by atoms with van der Waals surface area (Å²) >= 11 is 1.80. The summed E-state index contributed by atoms with van der Waals surface area (Å²) in [7, 11) is 0. The van der Waals surface area contributed by atoms with Crippen molar-refractivity contribution in [3.8, 4) is 0 Å². The molecule has 0 radical (unpaired) electrons. The molecule has 2 N–H and O–H groups in total. The van der Waals surface area contributed by atoms with E-state index in [0.29, 0.717) is 5.56 Å². The largest absolute Gasteiger partial charge is 0.481 e. The Bertz CT molecular complexity index is 423. The van der Waals surface area contributed by atoms with Crippen LogP contribution in [0, 0.1) is 0 Å². The van der Waals surface area contributed by atoms with Gasteiger partial charge in [-0.1, -0.05) is 18.2 Å². The summed E-state index contributed by atoms with van der Waals surface area (Å²) in [5.74, 6) is -0.990. The van der Waals surface area contributed by atoms with E-state index in [-0.39, 0.29) is 12.8 Å². The number of carbonyl (C=O) groups is 1. The SMILES string of the molecule is O=C(O)CC(Cc1cccc(C(F)(F)F)c1)NI. The smallest absolute Gasteiger partial charge is 0.416 e. The first kappa shape index (κ1) is 15.2. The van der Waals surface area contributed by atoms with Gasteiger partial charge in [-0.15, -0.1) is 0 Å². The van der Waals surface area contributed by atoms with E-state index < -0.39 is 23.8 Å². The fourth-order valence-electron chi connectivity index (χ4n) is 1.52. The minimum absolute atomic E-state index is 0.140. The van der Waals surface area contributed by atoms with E-state index in [0.717, 1.165) is 12.1 Å². The Balaban J connectivity index is 2.81. The molecule has 0 fully saturated rings. The molecule has 0 aliphatic heterocycles. The number of nitrogens with one attached hydrogen (secondary N) is 1. The first-order valence-electron chi connectivity index (χ1n) is 5.07. The summed E-state index contributed by atoms with van der Waals surface area (Å²) < 4.78 is 40.2. The molecule has 0 saturated heterocycles. The van der Waals surface area contributed by atoms with Crippen LogP contribution in [-0.2, 0) is 17.4 Å². The first-order valence-corrected chi connectivity index (χ1v) is 6.15. The van der Waals surface area contributed by atoms with Gasteiger partial charge in [0.2, 0.25) is 0 Å². The van der Waals surface area contributed by atoms with Gasteiger partial charge in [-0.2, -0.15) is 13.2 Å². The van der Waals surface area contributed by atoms with Crippen molar-refractivity contribution >= 4 is 28.8 Å². The number of benzene rings is 1. The molecular weight excluding hydrogens is 362 g/mol. The van der Waals surface area contributed by atoms with Gasteiger partial charge in [-0.25, -0.2) is 0 Å². The van der Waals surface area contributed by atoms with E-state index in [9.17, 15) is 18.0 Å². The minimum atomic E-state index is -4.38. The lowest BCUT2D eigenvalue weighted by atomic mass is 10.0. The highest BCUT2D eigenvalue weighted by atomic mass is 127. The second-order valence-electron chi connectivity index (χ2n) is 3.81. The Hall–Kier alpha value is -0.830. The zero-order chi connectivity index (χ0) is 13.8. The fraction of sp³-hybridized carbons (Fsp3) is 0.364. The predicted molar refractivity (Wildman–Crippen MR) is 68.3 cm³/mol. The lowest BCUT2D eigenvalue weighted by Gasteiger charge is -2.14. The number of halogens is 4. The van der Waals surface area contributed by atoms with Gasteiger partial charge >= 0.3 is 12.1 Å². The molecule has 1 aromatic carbocycles. The standard InChI is InChI=1S/C11H11F3INO2/c12-11(13,14)8-3-1-2-7(4-8)5-9(16-15)6-10(17)18/h1-4,9,16H,5-6H2,(H,17,18). The molecule has 0 heterocycles. The molecule has 3 nitrogen and oxygen atoms in total. The third-order valence-corrected chi connectivity index (χ3v) is 3.19. The Kier molecular flexibility index (Phi) is 5.39. The average Bonchev–Trinajstić information content (AvgIpc) is 2.26. The number of carboxylic acids is 1. The Morgan fingerprint density at radius 2 is 2.11 bits per heavy atom. The van der Waals surface area contributed by atoms with Gasteiger partial charge in [0.05, 0.1) is 12.0 Å². The van der Waals surface area contributed by atoms with E-state index in [2.05, 4.69) is 3.53 Å². The normalized spacial score (nSPS) is 13.3. The fourth-order valence-corrected chi connectivity index (χ4v) is 1.96. The maximum atomic E-state index is 12.5. The quantitative estimate of drug-likeness (QED) is 0.616. The summed E-state index contributed by atoms with van der Waals surface area (Å²) in [6.07, 6.45) is -4.28. The predicted octanol–water partition coefficient (Wildman–Crippen LogP) is 3.03. The molecule has 0 aliphatic rings. The molecule has 7 heteroatoms. The molecule has 0 spiro atoms. The second-order valence-corrected chi connectivity index (χ2v) is 4.43. The van der Waals surface area contributed by atoms with Crippen LogP contribution in [0.2, 0.25) is 0 Å². The molecule has 0 aliphatic carbocycles. The molecule has 100 valence electrons. The highest BCUT2D eigenvalue weighted by Gasteiger charge is 2.30. The number of alkyl halides is 3. The van der Waals surface area contributed by atoms with Gasteiger partial charge in [0, 0.05) is 28.9 Å². The van der Waals surface area contributed by atoms with Gasteiger partial charge in [-0.05, 0) is 18.1 Å². The van der Waals surface area contributed by atoms with Gasteiger partial charge in [0.15, 0.2) is 0 Å². The van der Waals surface area contributed by atoms with E-state index in [1.807, 2.05) is 0 Å². The van der Waals surface area contributed by atoms with Crippen LogP contribution < -0.4 is 3.53 Å². The highest BCUT2D eigenvalue weighted by molar-refractivity contribution is 14.1. The maximum Gasteiger partial charge on any atom is 0.416 e. The van der Waals surface area contributed by atoms with Crippen LogP contribution in [0.15, 0.2) is 24.3 Å². The molecule has 18 heavy (non-hydrogen) atoms. The number of rotatable bonds is 5. The lowest BCUT2D eigenvalue weighted by molar-refractivity contribution is -0.138. The summed E-state index contributed by atoms with van der Waals surface area (Å²) in [6.45, 7) is 0. The summed E-state index contributed by atoms with van der Waals surface area (Å²) in [6, 6.07) is 4.52. The van der Waals surface area contributed by atoms with Crippen molar-refractivity contribution in [1.29, 1.82) is 0 Å². The van der Waals surface area contributed by atoms with Gasteiger partial charge < -0.3 is 5.11 Å². The molecule has 0 amide bonds. The molecule has 1 rings (SSSR count). The van der Waals surface area contributed by atoms with E-state index in [1.165, 1.54) is 6.07 Å². The van der Waals surface area contributed by atoms with Gasteiger partial charge in [0.25, 0.3) is 0 Å². The van der Waals surface area contributed by atoms with Crippen molar-refractivity contribution < 1.29 is 23.1 Å². The molecule has 0 saturated carbocycles. The maximum absolute atomic E-state index is 12.5. The van der Waals surface area contributed by atoms with Crippen LogP contribution in [0.25, 0.3) is 0 Å². The Morgan fingerprint density at radius 1 is 1.44 bits per heavy atom. The zero-order valence-corrected chi connectivity index (χ0v) is 11.3. The summed E-state index contributed by atoms with van der Waals surface area (Å²) in [5.41, 5.74) is -0.261. The van der Waals surface area contributed by atoms with Crippen LogP contribution >= 0.6 is 22.9 Å². The third-order valence-electron chi connectivity index (χ3n) is 2.31. The number of aliphatic carboxylic acids is 1. The Morgan fingerprint density at radius 3 is 2.61 bits per heavy atom. The molecule has 1 aromatic rings. The zero-order valence-electron chi connectivity index (χ0n) is 9.17. The van der Waals surface area contributed by atoms with Gasteiger partial charge in [0.1, 0.15) is 0 Å². The molecular formula is C11H11F3INO2. The Labute approximate surface area is 116 Å². The third kappa shape index (κ3) is 4.81. The number of carboxylic acid groups (broad SMARTS) is 1. The monoisotopic (exact) mass is 373 g/mol. The minimum Gasteiger partial charge on any atom is -0.481 e. The lowest BCUT2D eigenvalue weighted by Crippen LogP contribution is -2.26. The average molecular weight is 373 g/mol. The van der Waals surface area contributed by atoms with Crippen molar-refractivity contribution in [3.05, 3.63) is 35.4 Å². The van der Waals surface area contributed by atoms with Crippen molar-refractivity contribution in [3.63, 3.8) is 0 Å². The van der Waals surface area contributed by atoms with Crippen LogP contribution in [0.4, 0.5) is 13.2 Å². The van der Waals surface area contributed by atoms with E-state index in [4.69, 9.17) is 5.11 Å². The number of hydrogen-bond acceptors (Lipinski definition) is 2. The van der Waals surface area contributed by atoms with Crippen molar-refractivity contribution in [2.45, 2.75) is 25.1 Å². The van der Waals surface area contributed by atoms with Crippen molar-refractivity contribution in [2.24, 2.45) is 0 Å². The molecule has 0 aromatic heterocycles. The second kappa shape index (κ2) is 6.37. The van der Waals surface area contributed by atoms with Crippen LogP contribution in [0.3, 0.4) is 0 Å². The summed E-state index contributed by atoms with van der Waals surface area (Å²) in [5, 5.41) is 8.65. The molecule has 0 bridgehead atoms. The van der Waals surface area contributed by atoms with Crippen molar-refractivity contribution in [1.82, 2.24) is 3.53 Å². The highest BCUT2D eigenvalue weighted by Crippen LogP contribution is 2.29. The number of hydrogen-bond donors (Lipinski definition) is 2. The van der Waals surface area contributed by atoms with Crippen LogP contribution in [0.1, 0.15) is 17.5 Å².